The lowest BCUT2D eigenvalue weighted by Gasteiger charge is -2.28. The lowest BCUT2D eigenvalue weighted by Crippen LogP contribution is -2.51. The number of carbonyl (C=O) groups is 3. The molecule has 1 saturated heterocycles. The number of piperidine rings is 1. The summed E-state index contributed by atoms with van der Waals surface area (Å²) in [6.45, 7) is 9.18. The van der Waals surface area contributed by atoms with Gasteiger partial charge in [0.2, 0.25) is 11.8 Å². The van der Waals surface area contributed by atoms with Gasteiger partial charge in [0.1, 0.15) is 28.4 Å². The molecule has 3 aromatic rings. The highest BCUT2D eigenvalue weighted by Gasteiger charge is 2.64. The minimum atomic E-state index is -0.800. The molecule has 210 valence electrons. The van der Waals surface area contributed by atoms with E-state index in [0.29, 0.717) is 29.7 Å². The maximum absolute atomic E-state index is 13.8. The van der Waals surface area contributed by atoms with Crippen molar-refractivity contribution >= 4 is 51.7 Å². The summed E-state index contributed by atoms with van der Waals surface area (Å²) in [6.07, 6.45) is 5.61. The van der Waals surface area contributed by atoms with E-state index in [2.05, 4.69) is 27.3 Å². The normalized spacial score (nSPS) is 26.9. The maximum atomic E-state index is 13.8. The Balaban J connectivity index is 1.29. The van der Waals surface area contributed by atoms with Crippen molar-refractivity contribution in [2.24, 2.45) is 11.3 Å². The molecule has 5 atom stereocenters. The third kappa shape index (κ3) is 4.57. The summed E-state index contributed by atoms with van der Waals surface area (Å²) in [4.78, 5) is 50.1. The van der Waals surface area contributed by atoms with Crippen LogP contribution >= 0.6 is 23.2 Å². The Bertz CT molecular complexity index is 1570. The predicted octanol–water partition coefficient (Wildman–Crippen LogP) is 4.39. The summed E-state index contributed by atoms with van der Waals surface area (Å²) in [5, 5.41) is 8.31. The molecule has 0 spiro atoms. The van der Waals surface area contributed by atoms with Gasteiger partial charge in [-0.3, -0.25) is 19.1 Å². The van der Waals surface area contributed by atoms with Gasteiger partial charge >= 0.3 is 0 Å². The highest BCUT2D eigenvalue weighted by Crippen LogP contribution is 2.59. The summed E-state index contributed by atoms with van der Waals surface area (Å²) in [6, 6.07) is 3.14. The van der Waals surface area contributed by atoms with E-state index in [0.717, 1.165) is 28.6 Å². The van der Waals surface area contributed by atoms with Gasteiger partial charge in [-0.05, 0) is 68.7 Å². The molecule has 2 aromatic heterocycles. The van der Waals surface area contributed by atoms with Crippen LogP contribution in [0.5, 0.6) is 0 Å². The quantitative estimate of drug-likeness (QED) is 0.327. The van der Waals surface area contributed by atoms with Crippen LogP contribution in [0.15, 0.2) is 24.5 Å². The molecule has 11 heteroatoms. The summed E-state index contributed by atoms with van der Waals surface area (Å²) in [5.74, 6) is 0.108. The number of Topliss-reactive ketones (excluding diaryl/α,β-unsaturated/α-hetero) is 1. The average molecular weight is 584 g/mol. The van der Waals surface area contributed by atoms with Crippen LogP contribution in [0.4, 0.5) is 0 Å². The van der Waals surface area contributed by atoms with Crippen molar-refractivity contribution in [3.63, 3.8) is 0 Å². The second-order valence-corrected chi connectivity index (χ2v) is 13.6. The van der Waals surface area contributed by atoms with Crippen LogP contribution in [0.25, 0.3) is 22.0 Å². The number of hydrogen-bond acceptors (Lipinski definition) is 6. The molecule has 9 nitrogen and oxygen atoms in total. The van der Waals surface area contributed by atoms with E-state index >= 15 is 0 Å². The molecule has 2 aliphatic carbocycles. The summed E-state index contributed by atoms with van der Waals surface area (Å²) < 4.78 is 0.806. The fraction of sp³-hybridized carbons (Fsp3) is 0.517. The number of nitrogens with zero attached hydrogens (tertiary/aromatic N) is 5. The van der Waals surface area contributed by atoms with Crippen molar-refractivity contribution in [1.29, 1.82) is 0 Å². The van der Waals surface area contributed by atoms with Crippen LogP contribution in [0, 0.1) is 25.2 Å². The average Bonchev–Trinajstić information content (AvgIpc) is 3.62. The van der Waals surface area contributed by atoms with Crippen molar-refractivity contribution in [1.82, 2.24) is 30.0 Å². The summed E-state index contributed by atoms with van der Waals surface area (Å²) in [7, 11) is 0. The Hall–Kier alpha value is -3.04. The fourth-order valence-corrected chi connectivity index (χ4v) is 7.09. The molecule has 0 radical (unpaired) electrons. The number of aromatic nitrogens is 4. The Kier molecular flexibility index (Phi) is 6.27. The third-order valence-electron chi connectivity index (χ3n) is 8.84. The number of nitrogens with one attached hydrogen (secondary N) is 1. The SMILES string of the molecule is CC(=O)c1nn(CC(=O)N2[C@H](C(=O)N[C@H](C)C3CC3(Cl)Cl)C[C@@]3(C)C[C@@H]23)c2c(C)cc(-c3cnc(C)nc3)cc12. The Labute approximate surface area is 242 Å². The zero-order valence-electron chi connectivity index (χ0n) is 23.2. The van der Waals surface area contributed by atoms with Gasteiger partial charge in [-0.15, -0.1) is 23.2 Å². The molecule has 3 aliphatic rings. The minimum absolute atomic E-state index is 0.00441. The molecule has 1 aromatic carbocycles. The highest BCUT2D eigenvalue weighted by atomic mass is 35.5. The lowest BCUT2D eigenvalue weighted by molar-refractivity contribution is -0.140. The molecule has 40 heavy (non-hydrogen) atoms. The number of hydrogen-bond donors (Lipinski definition) is 1. The Morgan fingerprint density at radius 1 is 1.10 bits per heavy atom. The molecule has 6 rings (SSSR count). The molecule has 2 amide bonds. The van der Waals surface area contributed by atoms with Crippen molar-refractivity contribution < 1.29 is 14.4 Å². The van der Waals surface area contributed by atoms with Crippen LogP contribution in [0.1, 0.15) is 61.9 Å². The molecular weight excluding hydrogens is 551 g/mol. The van der Waals surface area contributed by atoms with Crippen molar-refractivity contribution in [2.75, 3.05) is 0 Å². The number of halogens is 2. The van der Waals surface area contributed by atoms with Crippen LogP contribution in [-0.2, 0) is 16.1 Å². The number of rotatable bonds is 7. The molecule has 0 bridgehead atoms. The zero-order valence-corrected chi connectivity index (χ0v) is 24.7. The lowest BCUT2D eigenvalue weighted by atomic mass is 10.0. The largest absolute Gasteiger partial charge is 0.351 e. The first-order chi connectivity index (χ1) is 18.8. The van der Waals surface area contributed by atoms with E-state index in [1.54, 1.807) is 22.0 Å². The van der Waals surface area contributed by atoms with Gasteiger partial charge in [0.05, 0.1) is 5.52 Å². The van der Waals surface area contributed by atoms with Gasteiger partial charge in [0, 0.05) is 48.3 Å². The number of amides is 2. The molecule has 1 aliphatic heterocycles. The van der Waals surface area contributed by atoms with E-state index in [9.17, 15) is 14.4 Å². The van der Waals surface area contributed by atoms with Crippen molar-refractivity contribution in [3.8, 4) is 11.1 Å². The number of ketones is 1. The number of alkyl halides is 2. The van der Waals surface area contributed by atoms with Gasteiger partial charge in [-0.25, -0.2) is 9.97 Å². The first-order valence-electron chi connectivity index (χ1n) is 13.6. The third-order valence-corrected chi connectivity index (χ3v) is 9.71. The maximum Gasteiger partial charge on any atom is 0.245 e. The molecule has 3 fully saturated rings. The van der Waals surface area contributed by atoms with Crippen molar-refractivity contribution in [3.05, 3.63) is 41.6 Å². The van der Waals surface area contributed by atoms with E-state index in [1.807, 2.05) is 32.9 Å². The van der Waals surface area contributed by atoms with Gasteiger partial charge in [0.15, 0.2) is 5.78 Å². The van der Waals surface area contributed by atoms with Gasteiger partial charge in [-0.1, -0.05) is 6.92 Å². The molecule has 3 heterocycles. The van der Waals surface area contributed by atoms with Gasteiger partial charge in [0.25, 0.3) is 0 Å². The van der Waals surface area contributed by atoms with E-state index in [4.69, 9.17) is 23.2 Å². The van der Waals surface area contributed by atoms with Crippen LogP contribution in [0.3, 0.4) is 0 Å². The highest BCUT2D eigenvalue weighted by molar-refractivity contribution is 6.51. The molecule has 2 saturated carbocycles. The first-order valence-corrected chi connectivity index (χ1v) is 14.3. The zero-order chi connectivity index (χ0) is 28.7. The number of likely N-dealkylation sites (tertiary alicyclic amines) is 1. The second-order valence-electron chi connectivity index (χ2n) is 12.0. The van der Waals surface area contributed by atoms with Crippen LogP contribution in [0.2, 0.25) is 0 Å². The molecular formula is C29H32Cl2N6O3. The van der Waals surface area contributed by atoms with E-state index < -0.39 is 10.4 Å². The number of aryl methyl sites for hydroxylation is 2. The van der Waals surface area contributed by atoms with Gasteiger partial charge < -0.3 is 10.2 Å². The number of carbonyl (C=O) groups excluding carboxylic acids is 3. The number of benzene rings is 1. The Morgan fingerprint density at radius 3 is 2.40 bits per heavy atom. The second kappa shape index (κ2) is 9.24. The van der Waals surface area contributed by atoms with E-state index in [1.165, 1.54) is 6.92 Å². The fourth-order valence-electron chi connectivity index (χ4n) is 6.38. The molecule has 1 N–H and O–H groups in total. The monoisotopic (exact) mass is 582 g/mol. The topological polar surface area (TPSA) is 110 Å². The van der Waals surface area contributed by atoms with Gasteiger partial charge in [-0.2, -0.15) is 5.10 Å². The van der Waals surface area contributed by atoms with E-state index in [-0.39, 0.29) is 47.6 Å². The summed E-state index contributed by atoms with van der Waals surface area (Å²) >= 11 is 12.4. The van der Waals surface area contributed by atoms with Crippen molar-refractivity contribution in [2.45, 2.75) is 82.9 Å². The number of fused-ring (bicyclic) bond motifs is 2. The smallest absolute Gasteiger partial charge is 0.245 e. The summed E-state index contributed by atoms with van der Waals surface area (Å²) in [5.41, 5.74) is 3.52. The standard InChI is InChI=1S/C29H32Cl2N6O3/c1-14-6-18(19-11-32-17(4)33-12-19)7-20-25(16(3)38)35-36(26(14)20)13-24(39)37-22(9-28(5)10-23(28)37)27(40)34-15(2)21-8-29(21,30)31/h6-7,11-12,15,21-23H,8-10,13H2,1-5H3,(H,34,40)/t15-,21?,22+,23-,28+/m1/s1. The minimum Gasteiger partial charge on any atom is -0.351 e. The predicted molar refractivity (Wildman–Crippen MR) is 152 cm³/mol. The Morgan fingerprint density at radius 2 is 1.77 bits per heavy atom. The molecule has 1 unspecified atom stereocenters. The van der Waals surface area contributed by atoms with Crippen LogP contribution in [-0.4, -0.2) is 64.7 Å². The van der Waals surface area contributed by atoms with Crippen LogP contribution < -0.4 is 5.32 Å². The first kappa shape index (κ1) is 27.1.